The lowest BCUT2D eigenvalue weighted by Crippen LogP contribution is -2.31. The summed E-state index contributed by atoms with van der Waals surface area (Å²) in [6.45, 7) is 0.424. The van der Waals surface area contributed by atoms with Crippen LogP contribution in [0.25, 0.3) is 10.9 Å². The van der Waals surface area contributed by atoms with E-state index in [1.165, 1.54) is 4.90 Å². The molecule has 0 atom stereocenters. The van der Waals surface area contributed by atoms with Crippen molar-refractivity contribution in [3.05, 3.63) is 30.5 Å². The standard InChI is InChI=1S/C14H16N4O/c1-17(9-5-8-15)14(19)16-12-10-18(2)13-7-4-3-6-11(12)13/h3-4,6-7,10H,5,9H2,1-2H3,(H,16,19). The third-order valence-electron chi connectivity index (χ3n) is 3.04. The molecule has 1 heterocycles. The molecule has 5 nitrogen and oxygen atoms in total. The molecule has 1 N–H and O–H groups in total. The fraction of sp³-hybridized carbons (Fsp3) is 0.286. The monoisotopic (exact) mass is 256 g/mol. The van der Waals surface area contributed by atoms with Gasteiger partial charge < -0.3 is 14.8 Å². The van der Waals surface area contributed by atoms with Crippen LogP contribution in [-0.4, -0.2) is 29.1 Å². The van der Waals surface area contributed by atoms with E-state index >= 15 is 0 Å². The Labute approximate surface area is 112 Å². The van der Waals surface area contributed by atoms with Gasteiger partial charge in [-0.3, -0.25) is 0 Å². The summed E-state index contributed by atoms with van der Waals surface area (Å²) >= 11 is 0. The predicted molar refractivity (Wildman–Crippen MR) is 74.8 cm³/mol. The average Bonchev–Trinajstić information content (AvgIpc) is 2.73. The van der Waals surface area contributed by atoms with E-state index in [0.29, 0.717) is 13.0 Å². The van der Waals surface area contributed by atoms with Gasteiger partial charge in [0.1, 0.15) is 0 Å². The molecule has 19 heavy (non-hydrogen) atoms. The molecule has 0 aliphatic carbocycles. The van der Waals surface area contributed by atoms with Gasteiger partial charge in [-0.05, 0) is 6.07 Å². The average molecular weight is 256 g/mol. The van der Waals surface area contributed by atoms with Crippen LogP contribution in [0.4, 0.5) is 10.5 Å². The minimum Gasteiger partial charge on any atom is -0.348 e. The van der Waals surface area contributed by atoms with Crippen LogP contribution in [0.2, 0.25) is 0 Å². The van der Waals surface area contributed by atoms with Crippen LogP contribution in [0.15, 0.2) is 30.5 Å². The van der Waals surface area contributed by atoms with Crippen LogP contribution < -0.4 is 5.32 Å². The number of hydrogen-bond donors (Lipinski definition) is 1. The number of para-hydroxylation sites is 1. The van der Waals surface area contributed by atoms with Crippen molar-refractivity contribution in [2.75, 3.05) is 18.9 Å². The minimum absolute atomic E-state index is 0.202. The third-order valence-corrected chi connectivity index (χ3v) is 3.04. The van der Waals surface area contributed by atoms with E-state index in [1.807, 2.05) is 48.1 Å². The van der Waals surface area contributed by atoms with Gasteiger partial charge in [0.2, 0.25) is 0 Å². The zero-order valence-corrected chi connectivity index (χ0v) is 11.1. The number of anilines is 1. The van der Waals surface area contributed by atoms with Gasteiger partial charge in [0.05, 0.1) is 18.2 Å². The van der Waals surface area contributed by atoms with Gasteiger partial charge in [-0.2, -0.15) is 5.26 Å². The van der Waals surface area contributed by atoms with Crippen LogP contribution in [0.1, 0.15) is 6.42 Å². The molecular formula is C14H16N4O. The highest BCUT2D eigenvalue weighted by molar-refractivity contribution is 6.01. The van der Waals surface area contributed by atoms with E-state index in [-0.39, 0.29) is 6.03 Å². The normalized spacial score (nSPS) is 10.2. The first-order valence-electron chi connectivity index (χ1n) is 6.06. The molecular weight excluding hydrogens is 240 g/mol. The second-order valence-electron chi connectivity index (χ2n) is 4.43. The lowest BCUT2D eigenvalue weighted by atomic mass is 10.2. The zero-order chi connectivity index (χ0) is 13.8. The maximum Gasteiger partial charge on any atom is 0.321 e. The molecule has 2 amide bonds. The summed E-state index contributed by atoms with van der Waals surface area (Å²) in [4.78, 5) is 13.5. The van der Waals surface area contributed by atoms with Gasteiger partial charge in [-0.1, -0.05) is 18.2 Å². The number of carbonyl (C=O) groups is 1. The fourth-order valence-corrected chi connectivity index (χ4v) is 1.97. The van der Waals surface area contributed by atoms with E-state index in [4.69, 9.17) is 5.26 Å². The third kappa shape index (κ3) is 2.68. The molecule has 0 bridgehead atoms. The van der Waals surface area contributed by atoms with Crippen molar-refractivity contribution in [1.29, 1.82) is 5.26 Å². The van der Waals surface area contributed by atoms with Crippen LogP contribution in [0, 0.1) is 11.3 Å². The molecule has 0 saturated heterocycles. The number of hydrogen-bond acceptors (Lipinski definition) is 2. The largest absolute Gasteiger partial charge is 0.348 e. The van der Waals surface area contributed by atoms with E-state index in [9.17, 15) is 4.79 Å². The van der Waals surface area contributed by atoms with Gasteiger partial charge in [0, 0.05) is 37.7 Å². The summed E-state index contributed by atoms with van der Waals surface area (Å²) in [7, 11) is 3.62. The van der Waals surface area contributed by atoms with Crippen molar-refractivity contribution in [3.63, 3.8) is 0 Å². The van der Waals surface area contributed by atoms with Crippen LogP contribution >= 0.6 is 0 Å². The molecule has 0 unspecified atom stereocenters. The van der Waals surface area contributed by atoms with Gasteiger partial charge in [0.15, 0.2) is 0 Å². The van der Waals surface area contributed by atoms with Crippen molar-refractivity contribution < 1.29 is 4.79 Å². The summed E-state index contributed by atoms with van der Waals surface area (Å²) in [6, 6.07) is 9.71. The Morgan fingerprint density at radius 1 is 1.47 bits per heavy atom. The lowest BCUT2D eigenvalue weighted by molar-refractivity contribution is 0.223. The molecule has 0 fully saturated rings. The van der Waals surface area contributed by atoms with Gasteiger partial charge in [0.25, 0.3) is 0 Å². The van der Waals surface area contributed by atoms with Crippen molar-refractivity contribution in [3.8, 4) is 6.07 Å². The molecule has 0 aliphatic heterocycles. The van der Waals surface area contributed by atoms with Gasteiger partial charge >= 0.3 is 6.03 Å². The first-order valence-corrected chi connectivity index (χ1v) is 6.06. The van der Waals surface area contributed by atoms with Crippen LogP contribution in [0.5, 0.6) is 0 Å². The first-order chi connectivity index (χ1) is 9.13. The molecule has 0 spiro atoms. The maximum absolute atomic E-state index is 12.0. The number of carbonyl (C=O) groups excluding carboxylic acids is 1. The second-order valence-corrected chi connectivity index (χ2v) is 4.43. The van der Waals surface area contributed by atoms with E-state index < -0.39 is 0 Å². The highest BCUT2D eigenvalue weighted by atomic mass is 16.2. The number of aromatic nitrogens is 1. The number of amides is 2. The number of fused-ring (bicyclic) bond motifs is 1. The van der Waals surface area contributed by atoms with Crippen LogP contribution in [-0.2, 0) is 7.05 Å². The topological polar surface area (TPSA) is 61.1 Å². The summed E-state index contributed by atoms with van der Waals surface area (Å²) < 4.78 is 1.97. The van der Waals surface area contributed by atoms with Crippen LogP contribution in [0.3, 0.4) is 0 Å². The van der Waals surface area contributed by atoms with Crippen molar-refractivity contribution >= 4 is 22.6 Å². The predicted octanol–water partition coefficient (Wildman–Crippen LogP) is 2.56. The second kappa shape index (κ2) is 5.44. The fourth-order valence-electron chi connectivity index (χ4n) is 1.97. The Morgan fingerprint density at radius 3 is 2.95 bits per heavy atom. The number of benzene rings is 1. The molecule has 2 aromatic rings. The SMILES string of the molecule is CN(CCC#N)C(=O)Nc1cn(C)c2ccccc12. The Bertz CT molecular complexity index is 638. The smallest absolute Gasteiger partial charge is 0.321 e. The Morgan fingerprint density at radius 2 is 2.21 bits per heavy atom. The minimum atomic E-state index is -0.202. The Kier molecular flexibility index (Phi) is 3.71. The molecule has 0 radical (unpaired) electrons. The zero-order valence-electron chi connectivity index (χ0n) is 11.1. The van der Waals surface area contributed by atoms with E-state index in [2.05, 4.69) is 5.32 Å². The Hall–Kier alpha value is -2.48. The van der Waals surface area contributed by atoms with Gasteiger partial charge in [-0.25, -0.2) is 4.79 Å². The molecule has 0 saturated carbocycles. The number of rotatable bonds is 3. The summed E-state index contributed by atoms with van der Waals surface area (Å²) in [6.07, 6.45) is 2.22. The highest BCUT2D eigenvalue weighted by Crippen LogP contribution is 2.24. The molecule has 0 aliphatic rings. The molecule has 1 aromatic carbocycles. The molecule has 5 heteroatoms. The van der Waals surface area contributed by atoms with E-state index in [0.717, 1.165) is 16.6 Å². The van der Waals surface area contributed by atoms with Gasteiger partial charge in [-0.15, -0.1) is 0 Å². The van der Waals surface area contributed by atoms with Crippen molar-refractivity contribution in [2.24, 2.45) is 7.05 Å². The summed E-state index contributed by atoms with van der Waals surface area (Å²) in [5, 5.41) is 12.4. The molecule has 1 aromatic heterocycles. The number of nitrogens with zero attached hydrogens (tertiary/aromatic N) is 3. The number of urea groups is 1. The molecule has 98 valence electrons. The maximum atomic E-state index is 12.0. The number of aryl methyl sites for hydroxylation is 1. The Balaban J connectivity index is 2.18. The van der Waals surface area contributed by atoms with Crippen molar-refractivity contribution in [1.82, 2.24) is 9.47 Å². The summed E-state index contributed by atoms with van der Waals surface area (Å²) in [5.74, 6) is 0. The number of nitriles is 1. The lowest BCUT2D eigenvalue weighted by Gasteiger charge is -2.15. The van der Waals surface area contributed by atoms with Crippen molar-refractivity contribution in [2.45, 2.75) is 6.42 Å². The summed E-state index contributed by atoms with van der Waals surface area (Å²) in [5.41, 5.74) is 1.85. The first kappa shape index (κ1) is 13.0. The highest BCUT2D eigenvalue weighted by Gasteiger charge is 2.12. The number of nitrogens with one attached hydrogen (secondary N) is 1. The molecule has 2 rings (SSSR count). The van der Waals surface area contributed by atoms with E-state index in [1.54, 1.807) is 7.05 Å². The quantitative estimate of drug-likeness (QED) is 0.917.